The molecule has 0 aliphatic carbocycles. The Morgan fingerprint density at radius 2 is 1.55 bits per heavy atom. The number of esters is 1. The minimum absolute atomic E-state index is 0.0982. The van der Waals surface area contributed by atoms with Crippen molar-refractivity contribution in [2.75, 3.05) is 13.7 Å². The van der Waals surface area contributed by atoms with E-state index in [1.807, 2.05) is 6.26 Å². The molecular formula is C26H48O4Si. The lowest BCUT2D eigenvalue weighted by atomic mass is 10.0. The Labute approximate surface area is 192 Å². The van der Waals surface area contributed by atoms with Crippen LogP contribution in [0.5, 0.6) is 0 Å². The van der Waals surface area contributed by atoms with Crippen LogP contribution in [0.1, 0.15) is 108 Å². The Balaban J connectivity index is 2.37. The number of ether oxygens (including phenoxy) is 2. The van der Waals surface area contributed by atoms with Gasteiger partial charge in [-0.25, -0.2) is 0 Å². The van der Waals surface area contributed by atoms with Crippen molar-refractivity contribution in [3.05, 3.63) is 17.9 Å². The zero-order valence-electron chi connectivity index (χ0n) is 21.0. The van der Waals surface area contributed by atoms with E-state index in [9.17, 15) is 4.79 Å². The van der Waals surface area contributed by atoms with E-state index in [0.29, 0.717) is 13.0 Å². The van der Waals surface area contributed by atoms with E-state index >= 15 is 0 Å². The van der Waals surface area contributed by atoms with Crippen LogP contribution in [0.15, 0.2) is 16.7 Å². The first-order valence-corrected chi connectivity index (χ1v) is 16.2. The molecule has 0 aliphatic heterocycles. The number of carbonyl (C=O) groups is 1. The Bertz CT molecular complexity index is 576. The molecule has 0 aliphatic rings. The average molecular weight is 453 g/mol. The Kier molecular flexibility index (Phi) is 14.9. The molecule has 180 valence electrons. The summed E-state index contributed by atoms with van der Waals surface area (Å²) in [6, 6.07) is 2.22. The van der Waals surface area contributed by atoms with Gasteiger partial charge in [0, 0.05) is 18.6 Å². The maximum atomic E-state index is 11.3. The summed E-state index contributed by atoms with van der Waals surface area (Å²) in [4.78, 5) is 11.3. The highest BCUT2D eigenvalue weighted by atomic mass is 28.3. The fraction of sp³-hybridized carbons (Fsp3) is 0.808. The van der Waals surface area contributed by atoms with Gasteiger partial charge in [0.2, 0.25) is 0 Å². The van der Waals surface area contributed by atoms with Crippen LogP contribution in [0, 0.1) is 0 Å². The third kappa shape index (κ3) is 13.2. The van der Waals surface area contributed by atoms with E-state index in [-0.39, 0.29) is 12.1 Å². The number of methoxy groups -OCH3 is 1. The molecule has 0 N–H and O–H groups in total. The van der Waals surface area contributed by atoms with Gasteiger partial charge in [-0.2, -0.15) is 0 Å². The van der Waals surface area contributed by atoms with Gasteiger partial charge in [0.15, 0.2) is 0 Å². The van der Waals surface area contributed by atoms with Gasteiger partial charge in [-0.3, -0.25) is 4.79 Å². The first-order valence-electron chi connectivity index (χ1n) is 12.7. The van der Waals surface area contributed by atoms with E-state index in [0.717, 1.165) is 24.6 Å². The summed E-state index contributed by atoms with van der Waals surface area (Å²) in [6.45, 7) is 9.86. The number of carbonyl (C=O) groups excluding carboxylic acids is 1. The second kappa shape index (κ2) is 16.5. The topological polar surface area (TPSA) is 48.7 Å². The van der Waals surface area contributed by atoms with E-state index in [2.05, 4.69) is 32.6 Å². The summed E-state index contributed by atoms with van der Waals surface area (Å²) in [5.74, 6) is -0.142. The van der Waals surface area contributed by atoms with Gasteiger partial charge in [-0.15, -0.1) is 0 Å². The molecule has 1 aromatic rings. The van der Waals surface area contributed by atoms with Gasteiger partial charge in [0.05, 0.1) is 24.9 Å². The van der Waals surface area contributed by atoms with E-state index in [1.54, 1.807) is 0 Å². The minimum Gasteiger partial charge on any atom is -0.474 e. The second-order valence-electron chi connectivity index (χ2n) is 9.86. The van der Waals surface area contributed by atoms with E-state index < -0.39 is 8.07 Å². The van der Waals surface area contributed by atoms with Crippen molar-refractivity contribution in [2.24, 2.45) is 0 Å². The van der Waals surface area contributed by atoms with Crippen LogP contribution in [-0.2, 0) is 14.3 Å². The summed E-state index contributed by atoms with van der Waals surface area (Å²) in [6.07, 6.45) is 18.6. The first kappa shape index (κ1) is 28.0. The molecule has 1 rings (SSSR count). The van der Waals surface area contributed by atoms with Crippen LogP contribution in [0.3, 0.4) is 0 Å². The molecule has 4 nitrogen and oxygen atoms in total. The largest absolute Gasteiger partial charge is 0.474 e. The van der Waals surface area contributed by atoms with Gasteiger partial charge >= 0.3 is 5.97 Å². The highest BCUT2D eigenvalue weighted by Crippen LogP contribution is 2.26. The maximum absolute atomic E-state index is 11.3. The lowest BCUT2D eigenvalue weighted by Gasteiger charge is -2.17. The fourth-order valence-electron chi connectivity index (χ4n) is 3.78. The third-order valence-electron chi connectivity index (χ3n) is 5.87. The Morgan fingerprint density at radius 1 is 0.935 bits per heavy atom. The Morgan fingerprint density at radius 3 is 2.10 bits per heavy atom. The summed E-state index contributed by atoms with van der Waals surface area (Å²) < 4.78 is 16.9. The van der Waals surface area contributed by atoms with Crippen molar-refractivity contribution in [1.29, 1.82) is 0 Å². The van der Waals surface area contributed by atoms with Crippen molar-refractivity contribution in [1.82, 2.24) is 0 Å². The summed E-state index contributed by atoms with van der Waals surface area (Å²) in [5.41, 5.74) is 1.18. The number of hydrogen-bond donors (Lipinski definition) is 0. The van der Waals surface area contributed by atoms with Gasteiger partial charge < -0.3 is 13.9 Å². The van der Waals surface area contributed by atoms with Crippen LogP contribution < -0.4 is 5.38 Å². The van der Waals surface area contributed by atoms with Crippen LogP contribution >= 0.6 is 0 Å². The monoisotopic (exact) mass is 452 g/mol. The SMILES string of the molecule is CCCCCCCCCCCCC(OCCCCC(=O)OC)c1coc([Si](C)(C)C)c1. The molecular weight excluding hydrogens is 404 g/mol. The fourth-order valence-corrected chi connectivity index (χ4v) is 4.79. The molecule has 0 bridgehead atoms. The van der Waals surface area contributed by atoms with Gasteiger partial charge in [0.1, 0.15) is 8.07 Å². The van der Waals surface area contributed by atoms with Gasteiger partial charge in [-0.1, -0.05) is 90.8 Å². The molecule has 0 saturated carbocycles. The molecule has 1 atom stereocenters. The maximum Gasteiger partial charge on any atom is 0.305 e. The Hall–Kier alpha value is -1.07. The third-order valence-corrected chi connectivity index (χ3v) is 7.61. The number of hydrogen-bond acceptors (Lipinski definition) is 4. The second-order valence-corrected chi connectivity index (χ2v) is 14.9. The molecule has 1 heterocycles. The predicted molar refractivity (Wildman–Crippen MR) is 133 cm³/mol. The smallest absolute Gasteiger partial charge is 0.305 e. The zero-order chi connectivity index (χ0) is 23.0. The van der Waals surface area contributed by atoms with Crippen LogP contribution in [0.2, 0.25) is 19.6 Å². The minimum atomic E-state index is -1.46. The first-order chi connectivity index (χ1) is 14.9. The molecule has 0 saturated heterocycles. The number of furan rings is 1. The molecule has 31 heavy (non-hydrogen) atoms. The van der Waals surface area contributed by atoms with Gasteiger partial charge in [-0.05, 0) is 25.3 Å². The quantitative estimate of drug-likeness (QED) is 0.124. The molecule has 5 heteroatoms. The van der Waals surface area contributed by atoms with Gasteiger partial charge in [0.25, 0.3) is 0 Å². The lowest BCUT2D eigenvalue weighted by molar-refractivity contribution is -0.140. The highest BCUT2D eigenvalue weighted by Gasteiger charge is 2.23. The molecule has 0 spiro atoms. The van der Waals surface area contributed by atoms with Crippen molar-refractivity contribution >= 4 is 19.4 Å². The molecule has 1 aromatic heterocycles. The van der Waals surface area contributed by atoms with Crippen molar-refractivity contribution in [3.8, 4) is 0 Å². The predicted octanol–water partition coefficient (Wildman–Crippen LogP) is 7.54. The summed E-state index contributed by atoms with van der Waals surface area (Å²) >= 11 is 0. The molecule has 0 aromatic carbocycles. The van der Waals surface area contributed by atoms with Crippen molar-refractivity contribution in [3.63, 3.8) is 0 Å². The summed E-state index contributed by atoms with van der Waals surface area (Å²) in [5, 5.41) is 1.14. The van der Waals surface area contributed by atoms with Crippen LogP contribution in [-0.4, -0.2) is 27.8 Å². The molecule has 0 radical (unpaired) electrons. The van der Waals surface area contributed by atoms with Crippen molar-refractivity contribution in [2.45, 2.75) is 123 Å². The standard InChI is InChI=1S/C26H48O4Si/c1-6-7-8-9-10-11-12-13-14-15-18-24(29-20-17-16-19-25(27)28-2)23-21-26(30-22-23)31(3,4)5/h21-22,24H,6-20H2,1-5H3. The van der Waals surface area contributed by atoms with Crippen LogP contribution in [0.25, 0.3) is 0 Å². The summed E-state index contributed by atoms with van der Waals surface area (Å²) in [7, 11) is -0.0174. The average Bonchev–Trinajstić information content (AvgIpc) is 3.23. The van der Waals surface area contributed by atoms with Crippen molar-refractivity contribution < 1.29 is 18.7 Å². The number of rotatable bonds is 19. The van der Waals surface area contributed by atoms with E-state index in [1.165, 1.54) is 76.9 Å². The molecule has 0 fully saturated rings. The highest BCUT2D eigenvalue weighted by molar-refractivity contribution is 6.87. The number of unbranched alkanes of at least 4 members (excludes halogenated alkanes) is 10. The molecule has 1 unspecified atom stereocenters. The lowest BCUT2D eigenvalue weighted by Crippen LogP contribution is -2.36. The van der Waals surface area contributed by atoms with Crippen LogP contribution in [0.4, 0.5) is 0 Å². The van der Waals surface area contributed by atoms with E-state index in [4.69, 9.17) is 13.9 Å². The normalized spacial score (nSPS) is 12.8. The molecule has 0 amide bonds. The zero-order valence-corrected chi connectivity index (χ0v) is 22.0.